The van der Waals surface area contributed by atoms with E-state index in [9.17, 15) is 0 Å². The summed E-state index contributed by atoms with van der Waals surface area (Å²) in [5.41, 5.74) is 2.29. The first-order valence-corrected chi connectivity index (χ1v) is 6.85. The van der Waals surface area contributed by atoms with Crippen LogP contribution in [0.4, 0.5) is 11.6 Å². The van der Waals surface area contributed by atoms with Gasteiger partial charge in [-0.15, -0.1) is 5.10 Å². The number of hydrogen-bond acceptors (Lipinski definition) is 4. The fraction of sp³-hybridized carbons (Fsp3) is 0. The van der Waals surface area contributed by atoms with Crippen molar-refractivity contribution >= 4 is 28.1 Å². The maximum absolute atomic E-state index is 8.82. The highest BCUT2D eigenvalue weighted by Gasteiger charge is 2.07. The van der Waals surface area contributed by atoms with Crippen molar-refractivity contribution in [1.29, 1.82) is 5.26 Å². The molecule has 0 bridgehead atoms. The average molecular weight is 285 g/mol. The number of anilines is 2. The molecular weight excluding hydrogens is 274 g/mol. The molecule has 0 unspecified atom stereocenters. The Hall–Kier alpha value is -3.39. The van der Waals surface area contributed by atoms with Crippen LogP contribution in [0.15, 0.2) is 60.8 Å². The number of nitrogens with zero attached hydrogens (tertiary/aromatic N) is 4. The second-order valence-corrected chi connectivity index (χ2v) is 4.92. The molecule has 2 heterocycles. The summed E-state index contributed by atoms with van der Waals surface area (Å²) in [6.07, 6.45) is 1.90. The Morgan fingerprint density at radius 2 is 1.82 bits per heavy atom. The van der Waals surface area contributed by atoms with Crippen molar-refractivity contribution in [2.45, 2.75) is 0 Å². The van der Waals surface area contributed by atoms with E-state index in [4.69, 9.17) is 5.26 Å². The van der Waals surface area contributed by atoms with Gasteiger partial charge >= 0.3 is 0 Å². The Bertz CT molecular complexity index is 1010. The molecule has 0 spiro atoms. The number of rotatable bonds is 2. The molecule has 4 rings (SSSR count). The monoisotopic (exact) mass is 285 g/mol. The van der Waals surface area contributed by atoms with Crippen LogP contribution in [0.2, 0.25) is 0 Å². The van der Waals surface area contributed by atoms with Crippen LogP contribution in [-0.4, -0.2) is 14.6 Å². The fourth-order valence-electron chi connectivity index (χ4n) is 2.42. The average Bonchev–Trinajstić information content (AvgIpc) is 2.98. The molecule has 1 N–H and O–H groups in total. The zero-order chi connectivity index (χ0) is 14.9. The first-order valence-electron chi connectivity index (χ1n) is 6.85. The predicted octanol–water partition coefficient (Wildman–Crippen LogP) is 3.50. The van der Waals surface area contributed by atoms with Crippen LogP contribution in [0.5, 0.6) is 0 Å². The SMILES string of the molecule is N#Cc1ccc(Nc2nc3c4ccccc4ccn3n2)cc1. The zero-order valence-corrected chi connectivity index (χ0v) is 11.6. The second kappa shape index (κ2) is 4.86. The molecule has 0 fully saturated rings. The molecule has 5 heteroatoms. The van der Waals surface area contributed by atoms with Crippen molar-refractivity contribution in [3.8, 4) is 6.07 Å². The van der Waals surface area contributed by atoms with Crippen LogP contribution in [0, 0.1) is 11.3 Å². The molecule has 2 aromatic heterocycles. The van der Waals surface area contributed by atoms with Gasteiger partial charge in [0.05, 0.1) is 11.6 Å². The highest BCUT2D eigenvalue weighted by atomic mass is 15.3. The molecule has 2 aromatic carbocycles. The van der Waals surface area contributed by atoms with E-state index in [0.29, 0.717) is 11.5 Å². The molecule has 0 atom stereocenters. The molecular formula is C17H11N5. The molecule has 5 nitrogen and oxygen atoms in total. The maximum atomic E-state index is 8.82. The molecule has 0 aliphatic heterocycles. The quantitative estimate of drug-likeness (QED) is 0.612. The minimum Gasteiger partial charge on any atom is -0.323 e. The summed E-state index contributed by atoms with van der Waals surface area (Å²) in [7, 11) is 0. The Balaban J connectivity index is 1.76. The molecule has 104 valence electrons. The number of pyridine rings is 1. The molecule has 0 aliphatic rings. The van der Waals surface area contributed by atoms with Crippen LogP contribution in [-0.2, 0) is 0 Å². The van der Waals surface area contributed by atoms with Gasteiger partial charge in [-0.3, -0.25) is 0 Å². The number of benzene rings is 2. The van der Waals surface area contributed by atoms with E-state index in [1.807, 2.05) is 42.6 Å². The van der Waals surface area contributed by atoms with E-state index in [1.165, 1.54) is 0 Å². The third-order valence-corrected chi connectivity index (χ3v) is 3.50. The summed E-state index contributed by atoms with van der Waals surface area (Å²) >= 11 is 0. The van der Waals surface area contributed by atoms with Crippen LogP contribution < -0.4 is 5.32 Å². The van der Waals surface area contributed by atoms with Gasteiger partial charge in [0.2, 0.25) is 5.95 Å². The van der Waals surface area contributed by atoms with Gasteiger partial charge in [-0.05, 0) is 35.7 Å². The predicted molar refractivity (Wildman–Crippen MR) is 84.9 cm³/mol. The minimum absolute atomic E-state index is 0.529. The van der Waals surface area contributed by atoms with Gasteiger partial charge in [0.15, 0.2) is 5.65 Å². The van der Waals surface area contributed by atoms with Crippen LogP contribution in [0.3, 0.4) is 0 Å². The van der Waals surface area contributed by atoms with Crippen molar-refractivity contribution in [3.63, 3.8) is 0 Å². The summed E-state index contributed by atoms with van der Waals surface area (Å²) < 4.78 is 1.76. The Morgan fingerprint density at radius 3 is 2.64 bits per heavy atom. The van der Waals surface area contributed by atoms with Crippen LogP contribution in [0.1, 0.15) is 5.56 Å². The third kappa shape index (κ3) is 2.03. The number of fused-ring (bicyclic) bond motifs is 3. The highest BCUT2D eigenvalue weighted by Crippen LogP contribution is 2.21. The standard InChI is InChI=1S/C17H11N5/c18-11-12-5-7-14(8-6-12)19-17-20-16-15-4-2-1-3-13(15)9-10-22(16)21-17/h1-10H,(H,19,21). The van der Waals surface area contributed by atoms with Gasteiger partial charge < -0.3 is 5.32 Å². The number of nitrogens with one attached hydrogen (secondary N) is 1. The van der Waals surface area contributed by atoms with E-state index in [-0.39, 0.29) is 0 Å². The van der Waals surface area contributed by atoms with E-state index in [2.05, 4.69) is 27.5 Å². The largest absolute Gasteiger partial charge is 0.323 e. The summed E-state index contributed by atoms with van der Waals surface area (Å²) in [4.78, 5) is 4.55. The Kier molecular flexibility index (Phi) is 2.73. The topological polar surface area (TPSA) is 66.0 Å². The third-order valence-electron chi connectivity index (χ3n) is 3.50. The lowest BCUT2D eigenvalue weighted by atomic mass is 10.2. The summed E-state index contributed by atoms with van der Waals surface area (Å²) in [5, 5.41) is 18.6. The molecule has 0 saturated heterocycles. The zero-order valence-electron chi connectivity index (χ0n) is 11.6. The van der Waals surface area contributed by atoms with E-state index < -0.39 is 0 Å². The molecule has 0 amide bonds. The fourth-order valence-corrected chi connectivity index (χ4v) is 2.42. The van der Waals surface area contributed by atoms with Crippen LogP contribution in [0.25, 0.3) is 16.4 Å². The molecule has 0 aliphatic carbocycles. The van der Waals surface area contributed by atoms with Crippen molar-refractivity contribution in [2.75, 3.05) is 5.32 Å². The van der Waals surface area contributed by atoms with E-state index in [1.54, 1.807) is 16.6 Å². The smallest absolute Gasteiger partial charge is 0.247 e. The van der Waals surface area contributed by atoms with E-state index in [0.717, 1.165) is 22.1 Å². The summed E-state index contributed by atoms with van der Waals surface area (Å²) in [6.45, 7) is 0. The Labute approximate surface area is 126 Å². The minimum atomic E-state index is 0.529. The lowest BCUT2D eigenvalue weighted by molar-refractivity contribution is 0.971. The number of hydrogen-bond donors (Lipinski definition) is 1. The van der Waals surface area contributed by atoms with E-state index >= 15 is 0 Å². The highest BCUT2D eigenvalue weighted by molar-refractivity contribution is 5.93. The molecule has 22 heavy (non-hydrogen) atoms. The second-order valence-electron chi connectivity index (χ2n) is 4.92. The van der Waals surface area contributed by atoms with Gasteiger partial charge in [-0.25, -0.2) is 4.52 Å². The summed E-state index contributed by atoms with van der Waals surface area (Å²) in [6, 6.07) is 19.4. The van der Waals surface area contributed by atoms with Crippen molar-refractivity contribution in [2.24, 2.45) is 0 Å². The lowest BCUT2D eigenvalue weighted by Crippen LogP contribution is -1.93. The van der Waals surface area contributed by atoms with Crippen molar-refractivity contribution < 1.29 is 0 Å². The summed E-state index contributed by atoms with van der Waals surface area (Å²) in [5.74, 6) is 0.529. The van der Waals surface area contributed by atoms with Crippen molar-refractivity contribution in [1.82, 2.24) is 14.6 Å². The first kappa shape index (κ1) is 12.4. The van der Waals surface area contributed by atoms with Gasteiger partial charge in [-0.2, -0.15) is 10.2 Å². The molecule has 4 aromatic rings. The normalized spacial score (nSPS) is 10.7. The van der Waals surface area contributed by atoms with Crippen molar-refractivity contribution in [3.05, 3.63) is 66.4 Å². The molecule has 0 saturated carbocycles. The lowest BCUT2D eigenvalue weighted by Gasteiger charge is -2.00. The van der Waals surface area contributed by atoms with Gasteiger partial charge in [-0.1, -0.05) is 24.3 Å². The number of aromatic nitrogens is 3. The number of nitriles is 1. The Morgan fingerprint density at radius 1 is 1.00 bits per heavy atom. The van der Waals surface area contributed by atoms with Gasteiger partial charge in [0.1, 0.15) is 0 Å². The first-order chi connectivity index (χ1) is 10.8. The molecule has 0 radical (unpaired) electrons. The van der Waals surface area contributed by atoms with Gasteiger partial charge in [0.25, 0.3) is 0 Å². The van der Waals surface area contributed by atoms with Crippen LogP contribution >= 0.6 is 0 Å². The maximum Gasteiger partial charge on any atom is 0.247 e. The van der Waals surface area contributed by atoms with Gasteiger partial charge in [0, 0.05) is 17.3 Å².